The zero-order valence-corrected chi connectivity index (χ0v) is 16.1. The van der Waals surface area contributed by atoms with Crippen LogP contribution in [-0.2, 0) is 17.5 Å². The summed E-state index contributed by atoms with van der Waals surface area (Å²) in [6.45, 7) is 0.885. The molecule has 0 saturated carbocycles. The Morgan fingerprint density at radius 1 is 1.27 bits per heavy atom. The third-order valence-electron chi connectivity index (χ3n) is 4.47. The topological polar surface area (TPSA) is 78.1 Å². The van der Waals surface area contributed by atoms with Crippen LogP contribution in [0.1, 0.15) is 18.1 Å². The Bertz CT molecular complexity index is 1180. The van der Waals surface area contributed by atoms with E-state index in [2.05, 4.69) is 5.32 Å². The molecule has 0 radical (unpaired) electrons. The van der Waals surface area contributed by atoms with Crippen molar-refractivity contribution >= 4 is 34.1 Å². The highest BCUT2D eigenvalue weighted by Crippen LogP contribution is 2.34. The summed E-state index contributed by atoms with van der Waals surface area (Å²) in [5.41, 5.74) is -3.60. The quantitative estimate of drug-likeness (QED) is 0.578. The van der Waals surface area contributed by atoms with E-state index >= 15 is 0 Å². The average Bonchev–Trinajstić information content (AvgIpc) is 2.95. The number of carbonyl (C=O) groups excluding carboxylic acids is 1. The molecule has 0 fully saturated rings. The van der Waals surface area contributed by atoms with Crippen molar-refractivity contribution in [2.75, 3.05) is 5.32 Å². The van der Waals surface area contributed by atoms with Gasteiger partial charge >= 0.3 is 6.18 Å². The minimum absolute atomic E-state index is 0.211. The third kappa shape index (κ3) is 4.25. The van der Waals surface area contributed by atoms with Gasteiger partial charge in [0.2, 0.25) is 0 Å². The van der Waals surface area contributed by atoms with E-state index in [1.807, 2.05) is 0 Å². The molecule has 0 saturated heterocycles. The standard InChI is InChI=1S/C20H14ClF4N3O2/c1-19(30,10-28-9-16(21)14-6-12(22)3-5-17(14)28)18(29)27-13-4-2-11(8-26)15(7-13)20(23,24)25/h2-7,9,30H,10H2,1H3,(H,27,29). The highest BCUT2D eigenvalue weighted by molar-refractivity contribution is 6.35. The van der Waals surface area contributed by atoms with Crippen molar-refractivity contribution in [2.24, 2.45) is 0 Å². The molecule has 0 bridgehead atoms. The van der Waals surface area contributed by atoms with Gasteiger partial charge in [-0.3, -0.25) is 4.79 Å². The number of rotatable bonds is 4. The fraction of sp³-hybridized carbons (Fsp3) is 0.200. The number of aromatic nitrogens is 1. The van der Waals surface area contributed by atoms with Crippen LogP contribution in [0.3, 0.4) is 0 Å². The molecule has 0 aliphatic carbocycles. The molecule has 1 unspecified atom stereocenters. The number of hydrogen-bond acceptors (Lipinski definition) is 3. The summed E-state index contributed by atoms with van der Waals surface area (Å²) in [7, 11) is 0. The molecule has 0 aliphatic heterocycles. The summed E-state index contributed by atoms with van der Waals surface area (Å²) >= 11 is 6.07. The van der Waals surface area contributed by atoms with Crippen molar-refractivity contribution in [3.8, 4) is 6.07 Å². The Labute approximate surface area is 173 Å². The first-order valence-electron chi connectivity index (χ1n) is 8.51. The minimum Gasteiger partial charge on any atom is -0.378 e. The monoisotopic (exact) mass is 439 g/mol. The van der Waals surface area contributed by atoms with Crippen LogP contribution in [0.2, 0.25) is 5.02 Å². The Balaban J connectivity index is 1.86. The summed E-state index contributed by atoms with van der Waals surface area (Å²) in [6.07, 6.45) is -3.37. The molecule has 0 spiro atoms. The number of alkyl halides is 3. The number of nitriles is 1. The number of aliphatic hydroxyl groups is 1. The highest BCUT2D eigenvalue weighted by atomic mass is 35.5. The molecule has 3 rings (SSSR count). The molecule has 1 atom stereocenters. The SMILES string of the molecule is CC(O)(Cn1cc(Cl)c2cc(F)ccc21)C(=O)Nc1ccc(C#N)c(C(F)(F)F)c1. The minimum atomic E-state index is -4.79. The molecule has 156 valence electrons. The average molecular weight is 440 g/mol. The maximum Gasteiger partial charge on any atom is 0.417 e. The van der Waals surface area contributed by atoms with E-state index < -0.39 is 34.6 Å². The number of fused-ring (bicyclic) bond motifs is 1. The smallest absolute Gasteiger partial charge is 0.378 e. The van der Waals surface area contributed by atoms with Gasteiger partial charge < -0.3 is 15.0 Å². The van der Waals surface area contributed by atoms with E-state index in [0.717, 1.165) is 12.1 Å². The van der Waals surface area contributed by atoms with Crippen LogP contribution >= 0.6 is 11.6 Å². The second kappa shape index (κ2) is 7.63. The summed E-state index contributed by atoms with van der Waals surface area (Å²) in [5, 5.41) is 22.3. The first-order chi connectivity index (χ1) is 13.9. The molecule has 1 aromatic heterocycles. The van der Waals surface area contributed by atoms with Crippen LogP contribution in [0.25, 0.3) is 10.9 Å². The van der Waals surface area contributed by atoms with Gasteiger partial charge in [0.1, 0.15) is 5.82 Å². The van der Waals surface area contributed by atoms with Gasteiger partial charge in [0.25, 0.3) is 5.91 Å². The number of benzene rings is 2. The number of amides is 1. The van der Waals surface area contributed by atoms with Gasteiger partial charge in [0.05, 0.1) is 28.8 Å². The number of nitrogens with zero attached hydrogens (tertiary/aromatic N) is 2. The Hall–Kier alpha value is -3.09. The first kappa shape index (κ1) is 21.6. The van der Waals surface area contributed by atoms with Crippen molar-refractivity contribution in [3.63, 3.8) is 0 Å². The van der Waals surface area contributed by atoms with E-state index in [0.29, 0.717) is 17.0 Å². The van der Waals surface area contributed by atoms with Crippen molar-refractivity contribution in [1.82, 2.24) is 4.57 Å². The van der Waals surface area contributed by atoms with Crippen LogP contribution in [0, 0.1) is 17.1 Å². The van der Waals surface area contributed by atoms with Crippen LogP contribution in [-0.4, -0.2) is 21.2 Å². The van der Waals surface area contributed by atoms with Crippen LogP contribution in [0.4, 0.5) is 23.2 Å². The zero-order valence-electron chi connectivity index (χ0n) is 15.4. The molecular weight excluding hydrogens is 426 g/mol. The fourth-order valence-corrected chi connectivity index (χ4v) is 3.25. The number of halogens is 5. The predicted molar refractivity (Wildman–Crippen MR) is 102 cm³/mol. The lowest BCUT2D eigenvalue weighted by Gasteiger charge is -2.24. The lowest BCUT2D eigenvalue weighted by atomic mass is 10.0. The highest BCUT2D eigenvalue weighted by Gasteiger charge is 2.35. The maximum absolute atomic E-state index is 13.4. The normalized spacial score (nSPS) is 13.7. The van der Waals surface area contributed by atoms with Crippen molar-refractivity contribution < 1.29 is 27.5 Å². The molecule has 30 heavy (non-hydrogen) atoms. The van der Waals surface area contributed by atoms with E-state index in [1.54, 1.807) is 0 Å². The van der Waals surface area contributed by atoms with Crippen molar-refractivity contribution in [1.29, 1.82) is 5.26 Å². The fourth-order valence-electron chi connectivity index (χ4n) is 2.98. The van der Waals surface area contributed by atoms with Gasteiger partial charge in [-0.2, -0.15) is 18.4 Å². The van der Waals surface area contributed by atoms with Gasteiger partial charge in [-0.25, -0.2) is 4.39 Å². The molecule has 3 aromatic rings. The van der Waals surface area contributed by atoms with Crippen molar-refractivity contribution in [3.05, 3.63) is 64.6 Å². The second-order valence-corrected chi connectivity index (χ2v) is 7.27. The zero-order chi connectivity index (χ0) is 22.3. The summed E-state index contributed by atoms with van der Waals surface area (Å²) in [4.78, 5) is 12.5. The molecule has 10 heteroatoms. The van der Waals surface area contributed by atoms with Gasteiger partial charge in [0.15, 0.2) is 5.60 Å². The number of carbonyl (C=O) groups is 1. The molecule has 1 heterocycles. The second-order valence-electron chi connectivity index (χ2n) is 6.86. The lowest BCUT2D eigenvalue weighted by Crippen LogP contribution is -2.43. The molecule has 1 amide bonds. The summed E-state index contributed by atoms with van der Waals surface area (Å²) < 4.78 is 54.2. The largest absolute Gasteiger partial charge is 0.417 e. The number of hydrogen-bond donors (Lipinski definition) is 2. The van der Waals surface area contributed by atoms with Crippen LogP contribution < -0.4 is 5.32 Å². The predicted octanol–water partition coefficient (Wildman–Crippen LogP) is 4.71. The van der Waals surface area contributed by atoms with Gasteiger partial charge in [-0.1, -0.05) is 11.6 Å². The number of nitrogens with one attached hydrogen (secondary N) is 1. The molecule has 2 aromatic carbocycles. The van der Waals surface area contributed by atoms with Crippen LogP contribution in [0.5, 0.6) is 0 Å². The third-order valence-corrected chi connectivity index (χ3v) is 4.77. The lowest BCUT2D eigenvalue weighted by molar-refractivity contribution is -0.138. The Morgan fingerprint density at radius 2 is 1.97 bits per heavy atom. The van der Waals surface area contributed by atoms with Gasteiger partial charge in [0, 0.05) is 22.8 Å². The van der Waals surface area contributed by atoms with Gasteiger partial charge in [-0.15, -0.1) is 0 Å². The molecule has 5 nitrogen and oxygen atoms in total. The van der Waals surface area contributed by atoms with E-state index in [-0.39, 0.29) is 17.3 Å². The molecular formula is C20H14ClF4N3O2. The first-order valence-corrected chi connectivity index (χ1v) is 8.89. The molecule has 0 aliphatic rings. The molecule has 2 N–H and O–H groups in total. The summed E-state index contributed by atoms with van der Waals surface area (Å²) in [6, 6.07) is 7.96. The van der Waals surface area contributed by atoms with Gasteiger partial charge in [-0.05, 0) is 43.3 Å². The Kier molecular flexibility index (Phi) is 5.50. The summed E-state index contributed by atoms with van der Waals surface area (Å²) in [5.74, 6) is -1.48. The van der Waals surface area contributed by atoms with E-state index in [9.17, 15) is 27.5 Å². The van der Waals surface area contributed by atoms with Crippen LogP contribution in [0.15, 0.2) is 42.6 Å². The maximum atomic E-state index is 13.4. The van der Waals surface area contributed by atoms with Crippen molar-refractivity contribution in [2.45, 2.75) is 25.2 Å². The Morgan fingerprint density at radius 3 is 2.60 bits per heavy atom. The van der Waals surface area contributed by atoms with E-state index in [4.69, 9.17) is 16.9 Å². The van der Waals surface area contributed by atoms with E-state index in [1.165, 1.54) is 42.0 Å². The number of anilines is 1.